The maximum absolute atomic E-state index is 9.98. The van der Waals surface area contributed by atoms with Crippen LogP contribution in [0.25, 0.3) is 41.3 Å². The summed E-state index contributed by atoms with van der Waals surface area (Å²) in [5.74, 6) is -0.375. The second-order valence-corrected chi connectivity index (χ2v) is 10.0. The van der Waals surface area contributed by atoms with Crippen molar-refractivity contribution in [2.45, 2.75) is 13.8 Å². The number of fused-ring (bicyclic) bond motifs is 2. The number of thiophene rings is 2. The van der Waals surface area contributed by atoms with Crippen molar-refractivity contribution < 1.29 is 30.0 Å². The summed E-state index contributed by atoms with van der Waals surface area (Å²) >= 11 is 3.46. The number of allylic oxidation sites excluding steroid dienone is 2. The summed E-state index contributed by atoms with van der Waals surface area (Å²) in [6.45, 7) is 2.70. The third kappa shape index (κ3) is 8.27. The van der Waals surface area contributed by atoms with Gasteiger partial charge in [0.25, 0.3) is 0 Å². The fourth-order valence-corrected chi connectivity index (χ4v) is 5.31. The molecule has 0 saturated heterocycles. The van der Waals surface area contributed by atoms with Crippen molar-refractivity contribution in [3.63, 3.8) is 0 Å². The predicted molar refractivity (Wildman–Crippen MR) is 152 cm³/mol. The van der Waals surface area contributed by atoms with E-state index in [9.17, 15) is 9.90 Å². The zero-order valence-corrected chi connectivity index (χ0v) is 24.7. The fourth-order valence-electron chi connectivity index (χ4n) is 3.35. The molecule has 0 aliphatic carbocycles. The molecule has 0 fully saturated rings. The Morgan fingerprint density at radius 3 is 1.45 bits per heavy atom. The van der Waals surface area contributed by atoms with Crippen LogP contribution in [0.4, 0.5) is 0 Å². The summed E-state index contributed by atoms with van der Waals surface area (Å²) in [7, 11) is 0. The number of hydrogen-bond donors (Lipinski definition) is 0. The Bertz CT molecular complexity index is 1450. The van der Waals surface area contributed by atoms with Crippen LogP contribution in [0.15, 0.2) is 109 Å². The summed E-state index contributed by atoms with van der Waals surface area (Å²) < 4.78 is 2.52. The number of nitrogens with zero attached hydrogens (tertiary/aromatic N) is 2. The quantitative estimate of drug-likeness (QED) is 0.142. The Balaban J connectivity index is 0.000000167. The second kappa shape index (κ2) is 14.5. The van der Waals surface area contributed by atoms with Crippen molar-refractivity contribution in [1.29, 1.82) is 0 Å². The third-order valence-electron chi connectivity index (χ3n) is 4.90. The molecule has 4 aromatic heterocycles. The summed E-state index contributed by atoms with van der Waals surface area (Å²) in [6, 6.07) is 35.2. The van der Waals surface area contributed by atoms with Gasteiger partial charge in [-0.2, -0.15) is 0 Å². The normalized spacial score (nSPS) is 10.5. The van der Waals surface area contributed by atoms with Gasteiger partial charge in [0.15, 0.2) is 5.78 Å². The van der Waals surface area contributed by atoms with E-state index in [0.29, 0.717) is 0 Å². The summed E-state index contributed by atoms with van der Waals surface area (Å²) in [6.07, 6.45) is 4.68. The molecule has 191 valence electrons. The minimum Gasteiger partial charge on any atom is -0.876 e. The van der Waals surface area contributed by atoms with Gasteiger partial charge >= 0.3 is 0 Å². The van der Waals surface area contributed by atoms with E-state index >= 15 is 0 Å². The number of carbonyl (C=O) groups is 1. The molecule has 3 radical (unpaired) electrons. The summed E-state index contributed by atoms with van der Waals surface area (Å²) in [5.41, 5.74) is 2.00. The molecule has 0 aliphatic rings. The number of hydrogen-bond acceptors (Lipinski definition) is 6. The molecule has 0 atom stereocenters. The Labute approximate surface area is 243 Å². The Hall–Kier alpha value is -3.48. The second-order valence-electron chi connectivity index (χ2n) is 7.90. The minimum atomic E-state index is -0.187. The first-order valence-corrected chi connectivity index (χ1v) is 13.1. The zero-order chi connectivity index (χ0) is 26.0. The molecule has 0 spiro atoms. The molecule has 0 aliphatic heterocycles. The van der Waals surface area contributed by atoms with Gasteiger partial charge in [-0.15, -0.1) is 28.4 Å². The number of carbonyl (C=O) groups excluding carboxylic acids is 1. The topological polar surface area (TPSA) is 65.9 Å². The molecule has 6 rings (SSSR count). The first-order chi connectivity index (χ1) is 18.0. The molecule has 0 amide bonds. The van der Waals surface area contributed by atoms with Crippen LogP contribution in [0.3, 0.4) is 0 Å². The fraction of sp³-hybridized carbons (Fsp3) is 0.0645. The maximum Gasteiger partial charge on any atom is 0.151 e. The smallest absolute Gasteiger partial charge is 0.151 e. The molecule has 0 bridgehead atoms. The average molecular weight is 712 g/mol. The Morgan fingerprint density at radius 2 is 1.13 bits per heavy atom. The van der Waals surface area contributed by atoms with Crippen LogP contribution in [0.2, 0.25) is 0 Å². The number of pyridine rings is 2. The summed E-state index contributed by atoms with van der Waals surface area (Å²) in [5, 5.41) is 12.3. The molecule has 0 N–H and O–H groups in total. The van der Waals surface area contributed by atoms with Gasteiger partial charge in [0.1, 0.15) is 0 Å². The van der Waals surface area contributed by atoms with Gasteiger partial charge in [-0.1, -0.05) is 55.5 Å². The molecule has 6 aromatic rings. The molecule has 4 nitrogen and oxygen atoms in total. The standard InChI is InChI=1S/2C13H8NS.C5H8O2.Ir/c2*1-2-7-12-10(5-1)9-13(15-12)11-6-3-4-8-14-11;1-4(6)3-5(2)7;/h2*1-8H;3,6H,1-2H3;/p-1/b;;4-3-;. The van der Waals surface area contributed by atoms with E-state index in [0.717, 1.165) is 27.2 Å². The van der Waals surface area contributed by atoms with Crippen molar-refractivity contribution in [2.75, 3.05) is 0 Å². The first kappa shape index (κ1) is 29.1. The van der Waals surface area contributed by atoms with Crippen LogP contribution in [0.1, 0.15) is 13.8 Å². The van der Waals surface area contributed by atoms with Crippen molar-refractivity contribution in [1.82, 2.24) is 9.97 Å². The van der Waals surface area contributed by atoms with Crippen molar-refractivity contribution >= 4 is 48.6 Å². The Kier molecular flexibility index (Phi) is 11.1. The average Bonchev–Trinajstić information content (AvgIpc) is 3.54. The van der Waals surface area contributed by atoms with Gasteiger partial charge in [-0.05, 0) is 49.4 Å². The summed E-state index contributed by atoms with van der Waals surface area (Å²) in [4.78, 5) is 20.8. The van der Waals surface area contributed by atoms with Gasteiger partial charge in [-0.3, -0.25) is 14.8 Å². The zero-order valence-electron chi connectivity index (χ0n) is 20.7. The van der Waals surface area contributed by atoms with E-state index < -0.39 is 0 Å². The van der Waals surface area contributed by atoms with E-state index in [1.54, 1.807) is 22.7 Å². The Morgan fingerprint density at radius 1 is 0.711 bits per heavy atom. The van der Waals surface area contributed by atoms with Gasteiger partial charge < -0.3 is 5.11 Å². The molecule has 7 heteroatoms. The van der Waals surface area contributed by atoms with E-state index in [2.05, 4.69) is 58.5 Å². The molecule has 4 heterocycles. The van der Waals surface area contributed by atoms with Crippen LogP contribution in [0.5, 0.6) is 0 Å². The molecular formula is C31H23IrN2O2S2-. The first-order valence-electron chi connectivity index (χ1n) is 11.5. The van der Waals surface area contributed by atoms with E-state index in [1.165, 1.54) is 34.0 Å². The number of rotatable bonds is 3. The van der Waals surface area contributed by atoms with Crippen molar-refractivity contribution in [3.8, 4) is 21.1 Å². The van der Waals surface area contributed by atoms with Crippen LogP contribution < -0.4 is 5.11 Å². The SMILES string of the molecule is CC(=O)/C=C(/C)[O-].[Ir].[c]1c(-c2ccccn2)sc2ccccc12.[c]1c(-c2ccccn2)sc2ccccc12. The third-order valence-corrected chi connectivity index (χ3v) is 7.08. The van der Waals surface area contributed by atoms with Crippen molar-refractivity contribution in [3.05, 3.63) is 121 Å². The molecule has 38 heavy (non-hydrogen) atoms. The van der Waals surface area contributed by atoms with E-state index in [4.69, 9.17) is 0 Å². The van der Waals surface area contributed by atoms with E-state index in [-0.39, 0.29) is 31.6 Å². The van der Waals surface area contributed by atoms with Crippen LogP contribution in [0, 0.1) is 12.1 Å². The predicted octanol–water partition coefficient (Wildman–Crippen LogP) is 7.36. The van der Waals surface area contributed by atoms with Gasteiger partial charge in [0, 0.05) is 64.8 Å². The van der Waals surface area contributed by atoms with Gasteiger partial charge in [0.2, 0.25) is 0 Å². The number of aromatic nitrogens is 2. The monoisotopic (exact) mass is 712 g/mol. The molecule has 2 aromatic carbocycles. The van der Waals surface area contributed by atoms with Crippen molar-refractivity contribution in [2.24, 2.45) is 0 Å². The number of benzene rings is 2. The van der Waals surface area contributed by atoms with E-state index in [1.807, 2.05) is 60.9 Å². The molecular weight excluding hydrogens is 689 g/mol. The van der Waals surface area contributed by atoms with Gasteiger partial charge in [-0.25, -0.2) is 0 Å². The van der Waals surface area contributed by atoms with Crippen LogP contribution in [-0.2, 0) is 24.9 Å². The molecule has 0 saturated carbocycles. The molecule has 0 unspecified atom stereocenters. The maximum atomic E-state index is 9.98. The van der Waals surface area contributed by atoms with Crippen LogP contribution in [-0.4, -0.2) is 15.8 Å². The largest absolute Gasteiger partial charge is 0.876 e. The van der Waals surface area contributed by atoms with Crippen LogP contribution >= 0.6 is 22.7 Å². The van der Waals surface area contributed by atoms with Gasteiger partial charge in [0.05, 0.1) is 21.1 Å². The minimum absolute atomic E-state index is 0. The number of ketones is 1.